The van der Waals surface area contributed by atoms with Gasteiger partial charge in [0, 0.05) is 26.1 Å². The van der Waals surface area contributed by atoms with Gasteiger partial charge >= 0.3 is 0 Å². The lowest BCUT2D eigenvalue weighted by atomic mass is 9.87. The first-order chi connectivity index (χ1) is 8.24. The second kappa shape index (κ2) is 5.72. The van der Waals surface area contributed by atoms with Gasteiger partial charge in [-0.2, -0.15) is 0 Å². The van der Waals surface area contributed by atoms with Crippen molar-refractivity contribution in [2.75, 3.05) is 19.6 Å². The van der Waals surface area contributed by atoms with Crippen LogP contribution in [-0.2, 0) is 9.59 Å². The normalized spacial score (nSPS) is 23.6. The van der Waals surface area contributed by atoms with Gasteiger partial charge in [0.2, 0.25) is 11.8 Å². The van der Waals surface area contributed by atoms with E-state index in [0.717, 1.165) is 13.1 Å². The molecular formula is C14H26N2O2. The molecule has 1 saturated heterocycles. The molecule has 0 radical (unpaired) electrons. The van der Waals surface area contributed by atoms with E-state index < -0.39 is 5.41 Å². The minimum Gasteiger partial charge on any atom is -0.355 e. The molecule has 104 valence electrons. The Bertz CT molecular complexity index is 316. The summed E-state index contributed by atoms with van der Waals surface area (Å²) in [5, 5.41) is 2.77. The minimum absolute atomic E-state index is 0.0140. The Hall–Kier alpha value is -1.06. The molecule has 1 N–H and O–H groups in total. The molecule has 0 aromatic carbocycles. The van der Waals surface area contributed by atoms with E-state index in [1.165, 1.54) is 0 Å². The van der Waals surface area contributed by atoms with Crippen LogP contribution in [0.5, 0.6) is 0 Å². The summed E-state index contributed by atoms with van der Waals surface area (Å²) in [4.78, 5) is 25.9. The Labute approximate surface area is 110 Å². The van der Waals surface area contributed by atoms with E-state index >= 15 is 0 Å². The minimum atomic E-state index is -0.555. The molecule has 0 saturated carbocycles. The second-order valence-electron chi connectivity index (χ2n) is 6.51. The number of nitrogens with one attached hydrogen (secondary N) is 1. The van der Waals surface area contributed by atoms with E-state index in [-0.39, 0.29) is 11.8 Å². The van der Waals surface area contributed by atoms with Crippen molar-refractivity contribution in [3.63, 3.8) is 0 Å². The number of carbonyl (C=O) groups excluding carboxylic acids is 2. The molecule has 0 bridgehead atoms. The maximum atomic E-state index is 12.6. The summed E-state index contributed by atoms with van der Waals surface area (Å²) in [6.45, 7) is 12.3. The van der Waals surface area contributed by atoms with Crippen LogP contribution in [0, 0.1) is 17.3 Å². The Kier molecular flexibility index (Phi) is 4.77. The Balaban J connectivity index is 2.78. The van der Waals surface area contributed by atoms with E-state index in [9.17, 15) is 9.59 Å². The standard InChI is InChI=1S/C14H26N2O2/c1-10(2)7-16(8-11(3)4)13(18)14(5)6-12(17)15-9-14/h10-11H,6-9H2,1-5H3,(H,15,17). The Morgan fingerprint density at radius 2 is 1.78 bits per heavy atom. The average Bonchev–Trinajstić information content (AvgIpc) is 2.56. The quantitative estimate of drug-likeness (QED) is 0.811. The van der Waals surface area contributed by atoms with Crippen LogP contribution in [0.25, 0.3) is 0 Å². The van der Waals surface area contributed by atoms with Crippen LogP contribution in [0.1, 0.15) is 41.0 Å². The zero-order chi connectivity index (χ0) is 13.9. The van der Waals surface area contributed by atoms with Gasteiger partial charge in [-0.25, -0.2) is 0 Å². The van der Waals surface area contributed by atoms with Crippen LogP contribution in [0.2, 0.25) is 0 Å². The third kappa shape index (κ3) is 3.72. The lowest BCUT2D eigenvalue weighted by Crippen LogP contribution is -2.46. The van der Waals surface area contributed by atoms with Gasteiger partial charge in [0.25, 0.3) is 0 Å². The summed E-state index contributed by atoms with van der Waals surface area (Å²) in [7, 11) is 0. The number of carbonyl (C=O) groups is 2. The van der Waals surface area contributed by atoms with Crippen LogP contribution >= 0.6 is 0 Å². The molecule has 4 heteroatoms. The first kappa shape index (κ1) is 15.0. The van der Waals surface area contributed by atoms with Crippen molar-refractivity contribution in [2.24, 2.45) is 17.3 Å². The second-order valence-corrected chi connectivity index (χ2v) is 6.51. The number of nitrogens with zero attached hydrogens (tertiary/aromatic N) is 1. The van der Waals surface area contributed by atoms with Gasteiger partial charge in [-0.15, -0.1) is 0 Å². The fourth-order valence-corrected chi connectivity index (χ4v) is 2.43. The van der Waals surface area contributed by atoms with Crippen LogP contribution in [0.4, 0.5) is 0 Å². The summed E-state index contributed by atoms with van der Waals surface area (Å²) in [6, 6.07) is 0. The molecule has 0 aromatic rings. The zero-order valence-corrected chi connectivity index (χ0v) is 12.2. The molecular weight excluding hydrogens is 228 g/mol. The fourth-order valence-electron chi connectivity index (χ4n) is 2.43. The van der Waals surface area contributed by atoms with Crippen molar-refractivity contribution >= 4 is 11.8 Å². The van der Waals surface area contributed by atoms with Crippen LogP contribution in [0.15, 0.2) is 0 Å². The van der Waals surface area contributed by atoms with E-state index in [1.807, 2.05) is 11.8 Å². The highest BCUT2D eigenvalue weighted by molar-refractivity contribution is 5.92. The van der Waals surface area contributed by atoms with Gasteiger partial charge in [0.05, 0.1) is 5.41 Å². The van der Waals surface area contributed by atoms with Crippen molar-refractivity contribution in [2.45, 2.75) is 41.0 Å². The van der Waals surface area contributed by atoms with Crippen molar-refractivity contribution in [3.8, 4) is 0 Å². The predicted molar refractivity (Wildman–Crippen MR) is 72.0 cm³/mol. The zero-order valence-electron chi connectivity index (χ0n) is 12.2. The van der Waals surface area contributed by atoms with E-state index in [0.29, 0.717) is 24.8 Å². The van der Waals surface area contributed by atoms with Gasteiger partial charge in [0.1, 0.15) is 0 Å². The maximum absolute atomic E-state index is 12.6. The summed E-state index contributed by atoms with van der Waals surface area (Å²) in [5.74, 6) is 0.992. The van der Waals surface area contributed by atoms with E-state index in [1.54, 1.807) is 0 Å². The van der Waals surface area contributed by atoms with Gasteiger partial charge in [-0.1, -0.05) is 27.7 Å². The lowest BCUT2D eigenvalue weighted by molar-refractivity contribution is -0.142. The van der Waals surface area contributed by atoms with Crippen LogP contribution in [-0.4, -0.2) is 36.3 Å². The number of hydrogen-bond acceptors (Lipinski definition) is 2. The lowest BCUT2D eigenvalue weighted by Gasteiger charge is -2.33. The number of hydrogen-bond donors (Lipinski definition) is 1. The first-order valence-electron chi connectivity index (χ1n) is 6.80. The van der Waals surface area contributed by atoms with E-state index in [4.69, 9.17) is 0 Å². The highest BCUT2D eigenvalue weighted by Gasteiger charge is 2.43. The van der Waals surface area contributed by atoms with Crippen LogP contribution < -0.4 is 5.32 Å². The fraction of sp³-hybridized carbons (Fsp3) is 0.857. The maximum Gasteiger partial charge on any atom is 0.230 e. The van der Waals surface area contributed by atoms with E-state index in [2.05, 4.69) is 33.0 Å². The van der Waals surface area contributed by atoms with Gasteiger partial charge in [0.15, 0.2) is 0 Å². The van der Waals surface area contributed by atoms with Gasteiger partial charge < -0.3 is 10.2 Å². The molecule has 1 aliphatic rings. The largest absolute Gasteiger partial charge is 0.355 e. The molecule has 1 aliphatic heterocycles. The van der Waals surface area contributed by atoms with Gasteiger partial charge in [-0.3, -0.25) is 9.59 Å². The molecule has 1 rings (SSSR count). The third-order valence-corrected chi connectivity index (χ3v) is 3.20. The molecule has 0 spiro atoms. The molecule has 1 heterocycles. The Morgan fingerprint density at radius 3 is 2.11 bits per heavy atom. The molecule has 18 heavy (non-hydrogen) atoms. The van der Waals surface area contributed by atoms with Gasteiger partial charge in [-0.05, 0) is 18.8 Å². The average molecular weight is 254 g/mol. The number of rotatable bonds is 5. The molecule has 1 fully saturated rings. The highest BCUT2D eigenvalue weighted by atomic mass is 16.2. The topological polar surface area (TPSA) is 49.4 Å². The molecule has 1 unspecified atom stereocenters. The van der Waals surface area contributed by atoms with Crippen LogP contribution in [0.3, 0.4) is 0 Å². The van der Waals surface area contributed by atoms with Crippen molar-refractivity contribution in [1.82, 2.24) is 10.2 Å². The van der Waals surface area contributed by atoms with Crippen molar-refractivity contribution in [3.05, 3.63) is 0 Å². The molecule has 0 aromatic heterocycles. The summed E-state index contributed by atoms with van der Waals surface area (Å²) >= 11 is 0. The predicted octanol–water partition coefficient (Wildman–Crippen LogP) is 1.65. The molecule has 4 nitrogen and oxygen atoms in total. The monoisotopic (exact) mass is 254 g/mol. The molecule has 1 atom stereocenters. The number of amides is 2. The third-order valence-electron chi connectivity index (χ3n) is 3.20. The molecule has 2 amide bonds. The summed E-state index contributed by atoms with van der Waals surface area (Å²) in [6.07, 6.45) is 0.318. The van der Waals surface area contributed by atoms with Crippen molar-refractivity contribution in [1.29, 1.82) is 0 Å². The Morgan fingerprint density at radius 1 is 1.28 bits per heavy atom. The smallest absolute Gasteiger partial charge is 0.230 e. The highest BCUT2D eigenvalue weighted by Crippen LogP contribution is 2.28. The molecule has 0 aliphatic carbocycles. The summed E-state index contributed by atoms with van der Waals surface area (Å²) in [5.41, 5.74) is -0.555. The summed E-state index contributed by atoms with van der Waals surface area (Å²) < 4.78 is 0. The first-order valence-corrected chi connectivity index (χ1v) is 6.80. The SMILES string of the molecule is CC(C)CN(CC(C)C)C(=O)C1(C)CNC(=O)C1. The van der Waals surface area contributed by atoms with Crippen molar-refractivity contribution < 1.29 is 9.59 Å².